The van der Waals surface area contributed by atoms with Crippen molar-refractivity contribution in [2.45, 2.75) is 19.4 Å². The second kappa shape index (κ2) is 7.95. The van der Waals surface area contributed by atoms with Crippen molar-refractivity contribution >= 4 is 16.9 Å². The van der Waals surface area contributed by atoms with Crippen LogP contribution in [0.3, 0.4) is 0 Å². The Morgan fingerprint density at radius 3 is 2.50 bits per heavy atom. The lowest BCUT2D eigenvalue weighted by molar-refractivity contribution is 0.0722. The number of rotatable bonds is 6. The number of methoxy groups -OCH3 is 1. The van der Waals surface area contributed by atoms with Crippen molar-refractivity contribution < 1.29 is 13.9 Å². The Bertz CT molecular complexity index is 1150. The largest absolute Gasteiger partial charge is 0.497 e. The number of fused-ring (bicyclic) bond motifs is 2. The van der Waals surface area contributed by atoms with Crippen LogP contribution in [0.1, 0.15) is 39.7 Å². The van der Waals surface area contributed by atoms with E-state index in [1.807, 2.05) is 45.3 Å². The summed E-state index contributed by atoms with van der Waals surface area (Å²) in [5, 5.41) is 0.453. The van der Waals surface area contributed by atoms with Gasteiger partial charge in [-0.3, -0.25) is 9.59 Å². The monoisotopic (exact) mass is 406 g/mol. The number of carbonyl (C=O) groups is 1. The molecule has 2 aromatic carbocycles. The molecule has 0 bridgehead atoms. The molecular weight excluding hydrogens is 380 g/mol. The molecule has 3 aromatic rings. The quantitative estimate of drug-likeness (QED) is 0.626. The molecule has 4 rings (SSSR count). The lowest BCUT2D eigenvalue weighted by Gasteiger charge is -2.25. The van der Waals surface area contributed by atoms with Gasteiger partial charge in [0, 0.05) is 12.6 Å². The molecule has 30 heavy (non-hydrogen) atoms. The van der Waals surface area contributed by atoms with Crippen LogP contribution in [0.4, 0.5) is 0 Å². The van der Waals surface area contributed by atoms with E-state index in [1.54, 1.807) is 30.2 Å². The summed E-state index contributed by atoms with van der Waals surface area (Å²) in [7, 11) is 5.56. The predicted octanol–water partition coefficient (Wildman–Crippen LogP) is 3.61. The highest BCUT2D eigenvalue weighted by Crippen LogP contribution is 2.38. The minimum Gasteiger partial charge on any atom is -0.497 e. The highest BCUT2D eigenvalue weighted by Gasteiger charge is 2.42. The summed E-state index contributed by atoms with van der Waals surface area (Å²) in [5.74, 6) is 0.473. The second-order valence-corrected chi connectivity index (χ2v) is 8.00. The first-order chi connectivity index (χ1) is 14.4. The Balaban J connectivity index is 1.87. The van der Waals surface area contributed by atoms with Gasteiger partial charge in [0.2, 0.25) is 5.76 Å². The Morgan fingerprint density at radius 1 is 1.10 bits per heavy atom. The van der Waals surface area contributed by atoms with Crippen LogP contribution >= 0.6 is 0 Å². The lowest BCUT2D eigenvalue weighted by atomic mass is 9.97. The predicted molar refractivity (Wildman–Crippen MR) is 116 cm³/mol. The van der Waals surface area contributed by atoms with Gasteiger partial charge < -0.3 is 19.0 Å². The molecule has 156 valence electrons. The zero-order valence-electron chi connectivity index (χ0n) is 17.8. The van der Waals surface area contributed by atoms with Crippen molar-refractivity contribution in [2.24, 2.45) is 0 Å². The topological polar surface area (TPSA) is 63.0 Å². The molecule has 6 heteroatoms. The second-order valence-electron chi connectivity index (χ2n) is 8.00. The van der Waals surface area contributed by atoms with Gasteiger partial charge in [0.1, 0.15) is 11.3 Å². The molecule has 1 atom stereocenters. The summed E-state index contributed by atoms with van der Waals surface area (Å²) in [6.07, 6.45) is 0.802. The van der Waals surface area contributed by atoms with Crippen LogP contribution in [0, 0.1) is 6.92 Å². The maximum Gasteiger partial charge on any atom is 0.290 e. The summed E-state index contributed by atoms with van der Waals surface area (Å²) in [4.78, 5) is 30.6. The van der Waals surface area contributed by atoms with Crippen molar-refractivity contribution in [3.05, 3.63) is 75.1 Å². The van der Waals surface area contributed by atoms with Gasteiger partial charge in [0.15, 0.2) is 5.43 Å². The molecule has 6 nitrogen and oxygen atoms in total. The van der Waals surface area contributed by atoms with Crippen molar-refractivity contribution in [3.8, 4) is 5.75 Å². The smallest absolute Gasteiger partial charge is 0.290 e. The van der Waals surface area contributed by atoms with Crippen molar-refractivity contribution in [1.82, 2.24) is 9.80 Å². The van der Waals surface area contributed by atoms with E-state index in [2.05, 4.69) is 4.90 Å². The molecule has 1 aliphatic heterocycles. The molecule has 1 unspecified atom stereocenters. The molecule has 2 heterocycles. The molecule has 0 fully saturated rings. The average molecular weight is 406 g/mol. The van der Waals surface area contributed by atoms with Gasteiger partial charge in [-0.25, -0.2) is 0 Å². The van der Waals surface area contributed by atoms with E-state index in [0.717, 1.165) is 24.1 Å². The van der Waals surface area contributed by atoms with Crippen LogP contribution in [0.2, 0.25) is 0 Å². The van der Waals surface area contributed by atoms with Crippen LogP contribution in [-0.2, 0) is 0 Å². The lowest BCUT2D eigenvalue weighted by Crippen LogP contribution is -2.32. The van der Waals surface area contributed by atoms with Gasteiger partial charge in [-0.05, 0) is 51.7 Å². The molecule has 0 saturated carbocycles. The minimum atomic E-state index is -0.446. The van der Waals surface area contributed by atoms with Crippen LogP contribution < -0.4 is 10.2 Å². The third kappa shape index (κ3) is 3.48. The molecule has 1 aromatic heterocycles. The van der Waals surface area contributed by atoms with E-state index in [9.17, 15) is 9.59 Å². The number of hydrogen-bond donors (Lipinski definition) is 0. The Hall–Kier alpha value is -3.12. The fourth-order valence-corrected chi connectivity index (χ4v) is 4.01. The van der Waals surface area contributed by atoms with Crippen LogP contribution in [0.15, 0.2) is 51.7 Å². The molecule has 0 spiro atoms. The van der Waals surface area contributed by atoms with Gasteiger partial charge in [0.25, 0.3) is 5.91 Å². The summed E-state index contributed by atoms with van der Waals surface area (Å²) >= 11 is 0. The molecule has 0 saturated heterocycles. The van der Waals surface area contributed by atoms with E-state index in [-0.39, 0.29) is 17.1 Å². The summed E-state index contributed by atoms with van der Waals surface area (Å²) in [6.45, 7) is 3.40. The highest BCUT2D eigenvalue weighted by atomic mass is 16.5. The number of benzene rings is 2. The van der Waals surface area contributed by atoms with Crippen LogP contribution in [-0.4, -0.2) is 50.0 Å². The number of amides is 1. The van der Waals surface area contributed by atoms with E-state index in [0.29, 0.717) is 28.8 Å². The zero-order valence-corrected chi connectivity index (χ0v) is 17.8. The maximum atomic E-state index is 13.5. The Morgan fingerprint density at radius 2 is 1.83 bits per heavy atom. The van der Waals surface area contributed by atoms with E-state index >= 15 is 0 Å². The van der Waals surface area contributed by atoms with E-state index in [1.165, 1.54) is 0 Å². The van der Waals surface area contributed by atoms with Crippen molar-refractivity contribution in [2.75, 3.05) is 34.3 Å². The number of hydrogen-bond acceptors (Lipinski definition) is 5. The van der Waals surface area contributed by atoms with Crippen LogP contribution in [0.5, 0.6) is 5.75 Å². The minimum absolute atomic E-state index is 0.135. The van der Waals surface area contributed by atoms with Gasteiger partial charge >= 0.3 is 0 Å². The van der Waals surface area contributed by atoms with Gasteiger partial charge in [-0.15, -0.1) is 0 Å². The number of ether oxygens (including phenoxy) is 1. The standard InChI is InChI=1S/C24H26N2O4/c1-15-6-8-16(9-7-15)21-20-22(27)18-11-10-17(29-4)14-19(18)30-23(20)24(28)26(21)13-5-12-25(2)3/h6-11,14,21H,5,12-13H2,1-4H3. The maximum absolute atomic E-state index is 13.5. The highest BCUT2D eigenvalue weighted by molar-refractivity contribution is 5.99. The van der Waals surface area contributed by atoms with Gasteiger partial charge in [-0.1, -0.05) is 29.8 Å². The molecule has 0 N–H and O–H groups in total. The van der Waals surface area contributed by atoms with Gasteiger partial charge in [0.05, 0.1) is 24.1 Å². The Kier molecular flexibility index (Phi) is 5.35. The summed E-state index contributed by atoms with van der Waals surface area (Å²) < 4.78 is 11.2. The molecule has 1 aliphatic rings. The van der Waals surface area contributed by atoms with Crippen molar-refractivity contribution in [3.63, 3.8) is 0 Å². The van der Waals surface area contributed by atoms with Crippen molar-refractivity contribution in [1.29, 1.82) is 0 Å². The SMILES string of the molecule is COc1ccc2c(=O)c3c(oc2c1)C(=O)N(CCCN(C)C)C3c1ccc(C)cc1. The van der Waals surface area contributed by atoms with Crippen LogP contribution in [0.25, 0.3) is 11.0 Å². The Labute approximate surface area is 175 Å². The first-order valence-corrected chi connectivity index (χ1v) is 10.1. The zero-order chi connectivity index (χ0) is 21.4. The fourth-order valence-electron chi connectivity index (χ4n) is 4.01. The fraction of sp³-hybridized carbons (Fsp3) is 0.333. The number of nitrogens with zero attached hydrogens (tertiary/aromatic N) is 2. The normalized spacial score (nSPS) is 15.8. The average Bonchev–Trinajstić information content (AvgIpc) is 3.00. The molecule has 1 amide bonds. The number of carbonyl (C=O) groups excluding carboxylic acids is 1. The first kappa shape index (κ1) is 20.2. The molecule has 0 aliphatic carbocycles. The summed E-state index contributed by atoms with van der Waals surface area (Å²) in [5.41, 5.74) is 2.66. The van der Waals surface area contributed by atoms with E-state index < -0.39 is 6.04 Å². The summed E-state index contributed by atoms with van der Waals surface area (Å²) in [6, 6.07) is 12.6. The van der Waals surface area contributed by atoms with Gasteiger partial charge in [-0.2, -0.15) is 0 Å². The molecular formula is C24H26N2O4. The number of aryl methyl sites for hydroxylation is 1. The first-order valence-electron chi connectivity index (χ1n) is 10.1. The third-order valence-electron chi connectivity index (χ3n) is 5.57. The molecule has 0 radical (unpaired) electrons. The third-order valence-corrected chi connectivity index (χ3v) is 5.57. The van der Waals surface area contributed by atoms with E-state index in [4.69, 9.17) is 9.15 Å².